The largest absolute Gasteiger partial charge is 0.497 e. The average Bonchev–Trinajstić information content (AvgIpc) is 2.54. The number of methoxy groups -OCH3 is 1. The second-order valence-corrected chi connectivity index (χ2v) is 4.47. The Bertz CT molecular complexity index is 738. The van der Waals surface area contributed by atoms with Crippen molar-refractivity contribution in [3.8, 4) is 16.9 Å². The molecule has 1 N–H and O–H groups in total. The summed E-state index contributed by atoms with van der Waals surface area (Å²) in [5, 5.41) is 5.23. The highest BCUT2D eigenvalue weighted by molar-refractivity contribution is 5.88. The molecule has 3 aromatic rings. The molecule has 0 saturated heterocycles. The molecule has 0 bridgehead atoms. The number of anilines is 1. The molecule has 1 aromatic heterocycles. The number of hydrogen-bond acceptors (Lipinski definition) is 4. The third kappa shape index (κ3) is 2.28. The van der Waals surface area contributed by atoms with Crippen LogP contribution in [0.1, 0.15) is 0 Å². The Morgan fingerprint density at radius 1 is 0.900 bits per heavy atom. The summed E-state index contributed by atoms with van der Waals surface area (Å²) in [7, 11) is 3.48. The van der Waals surface area contributed by atoms with Gasteiger partial charge in [0.2, 0.25) is 5.95 Å². The number of aromatic nitrogens is 2. The van der Waals surface area contributed by atoms with Gasteiger partial charge in [-0.05, 0) is 34.5 Å². The van der Waals surface area contributed by atoms with Gasteiger partial charge >= 0.3 is 0 Å². The lowest BCUT2D eigenvalue weighted by atomic mass is 10.0. The van der Waals surface area contributed by atoms with E-state index in [9.17, 15) is 0 Å². The fourth-order valence-corrected chi connectivity index (χ4v) is 2.14. The minimum atomic E-state index is 0.624. The predicted molar refractivity (Wildman–Crippen MR) is 81.1 cm³/mol. The van der Waals surface area contributed by atoms with Crippen molar-refractivity contribution in [2.75, 3.05) is 19.5 Å². The number of hydrogen-bond donors (Lipinski definition) is 1. The van der Waals surface area contributed by atoms with E-state index in [0.717, 1.165) is 22.3 Å². The monoisotopic (exact) mass is 265 g/mol. The number of rotatable bonds is 3. The summed E-state index contributed by atoms with van der Waals surface area (Å²) in [5.41, 5.74) is 2.10. The Balaban J connectivity index is 2.03. The topological polar surface area (TPSA) is 47.0 Å². The van der Waals surface area contributed by atoms with E-state index in [0.29, 0.717) is 5.95 Å². The number of nitrogens with one attached hydrogen (secondary N) is 1. The molecule has 100 valence electrons. The van der Waals surface area contributed by atoms with E-state index in [4.69, 9.17) is 4.74 Å². The summed E-state index contributed by atoms with van der Waals surface area (Å²) in [6.45, 7) is 0. The zero-order chi connectivity index (χ0) is 13.9. The van der Waals surface area contributed by atoms with Gasteiger partial charge < -0.3 is 10.1 Å². The zero-order valence-corrected chi connectivity index (χ0v) is 11.4. The van der Waals surface area contributed by atoms with E-state index in [-0.39, 0.29) is 0 Å². The SMILES string of the molecule is CNc1ncc(-c2ccc3cc(OC)ccc3c2)cn1. The molecular weight excluding hydrogens is 250 g/mol. The molecule has 4 heteroatoms. The summed E-state index contributed by atoms with van der Waals surface area (Å²) in [6, 6.07) is 12.3. The van der Waals surface area contributed by atoms with Crippen LogP contribution in [0.4, 0.5) is 5.95 Å². The summed E-state index contributed by atoms with van der Waals surface area (Å²) in [4.78, 5) is 8.48. The van der Waals surface area contributed by atoms with Crippen molar-refractivity contribution in [1.82, 2.24) is 9.97 Å². The molecule has 1 heterocycles. The van der Waals surface area contributed by atoms with Crippen molar-refractivity contribution in [1.29, 1.82) is 0 Å². The van der Waals surface area contributed by atoms with Crippen molar-refractivity contribution < 1.29 is 4.74 Å². The van der Waals surface area contributed by atoms with Crippen LogP contribution in [0.5, 0.6) is 5.75 Å². The summed E-state index contributed by atoms with van der Waals surface area (Å²) in [6.07, 6.45) is 3.65. The Kier molecular flexibility index (Phi) is 3.21. The number of nitrogens with zero attached hydrogens (tertiary/aromatic N) is 2. The van der Waals surface area contributed by atoms with Crippen molar-refractivity contribution >= 4 is 16.7 Å². The van der Waals surface area contributed by atoms with Crippen LogP contribution in [-0.4, -0.2) is 24.1 Å². The minimum Gasteiger partial charge on any atom is -0.497 e. The van der Waals surface area contributed by atoms with Crippen LogP contribution in [0.25, 0.3) is 21.9 Å². The first-order chi connectivity index (χ1) is 9.80. The molecule has 20 heavy (non-hydrogen) atoms. The first-order valence-corrected chi connectivity index (χ1v) is 6.38. The highest BCUT2D eigenvalue weighted by atomic mass is 16.5. The fourth-order valence-electron chi connectivity index (χ4n) is 2.14. The van der Waals surface area contributed by atoms with Gasteiger partial charge in [-0.1, -0.05) is 18.2 Å². The van der Waals surface area contributed by atoms with E-state index in [1.807, 2.05) is 24.5 Å². The van der Waals surface area contributed by atoms with Crippen LogP contribution < -0.4 is 10.1 Å². The van der Waals surface area contributed by atoms with Crippen LogP contribution in [0, 0.1) is 0 Å². The van der Waals surface area contributed by atoms with Crippen LogP contribution in [0.15, 0.2) is 48.8 Å². The molecule has 0 saturated carbocycles. The van der Waals surface area contributed by atoms with Gasteiger partial charge in [0, 0.05) is 25.0 Å². The lowest BCUT2D eigenvalue weighted by molar-refractivity contribution is 0.415. The highest BCUT2D eigenvalue weighted by Crippen LogP contribution is 2.26. The molecular formula is C16H15N3O. The Hall–Kier alpha value is -2.62. The van der Waals surface area contributed by atoms with Crippen molar-refractivity contribution in [3.63, 3.8) is 0 Å². The second kappa shape index (κ2) is 5.17. The molecule has 0 aliphatic carbocycles. The fraction of sp³-hybridized carbons (Fsp3) is 0.125. The molecule has 0 aliphatic heterocycles. The third-order valence-corrected chi connectivity index (χ3v) is 3.26. The molecule has 3 rings (SSSR count). The van der Waals surface area contributed by atoms with E-state index in [1.54, 1.807) is 14.2 Å². The van der Waals surface area contributed by atoms with Crippen molar-refractivity contribution in [2.24, 2.45) is 0 Å². The van der Waals surface area contributed by atoms with Gasteiger partial charge in [-0.15, -0.1) is 0 Å². The minimum absolute atomic E-state index is 0.624. The Morgan fingerprint density at radius 2 is 1.60 bits per heavy atom. The van der Waals surface area contributed by atoms with Crippen LogP contribution in [-0.2, 0) is 0 Å². The van der Waals surface area contributed by atoms with Gasteiger partial charge in [0.25, 0.3) is 0 Å². The number of benzene rings is 2. The lowest BCUT2D eigenvalue weighted by Gasteiger charge is -2.06. The summed E-state index contributed by atoms with van der Waals surface area (Å²) < 4.78 is 5.24. The molecule has 0 unspecified atom stereocenters. The number of fused-ring (bicyclic) bond motifs is 1. The maximum atomic E-state index is 5.24. The summed E-state index contributed by atoms with van der Waals surface area (Å²) >= 11 is 0. The first-order valence-electron chi connectivity index (χ1n) is 6.38. The summed E-state index contributed by atoms with van der Waals surface area (Å²) in [5.74, 6) is 1.49. The molecule has 4 nitrogen and oxygen atoms in total. The Labute approximate surface area is 117 Å². The normalized spacial score (nSPS) is 10.5. The van der Waals surface area contributed by atoms with Gasteiger partial charge in [0.05, 0.1) is 7.11 Å². The standard InChI is InChI=1S/C16H15N3O/c1-17-16-18-9-14(10-19-16)12-3-4-13-8-15(20-2)6-5-11(13)7-12/h3-10H,1-2H3,(H,17,18,19). The maximum Gasteiger partial charge on any atom is 0.222 e. The third-order valence-electron chi connectivity index (χ3n) is 3.26. The quantitative estimate of drug-likeness (QED) is 0.789. The van der Waals surface area contributed by atoms with Gasteiger partial charge in [-0.3, -0.25) is 0 Å². The molecule has 0 aliphatic rings. The van der Waals surface area contributed by atoms with Gasteiger partial charge in [0.1, 0.15) is 5.75 Å². The number of ether oxygens (including phenoxy) is 1. The van der Waals surface area contributed by atoms with Crippen LogP contribution in [0.3, 0.4) is 0 Å². The highest BCUT2D eigenvalue weighted by Gasteiger charge is 2.02. The predicted octanol–water partition coefficient (Wildman–Crippen LogP) is 3.35. The smallest absolute Gasteiger partial charge is 0.222 e. The molecule has 0 amide bonds. The van der Waals surface area contributed by atoms with Crippen molar-refractivity contribution in [2.45, 2.75) is 0 Å². The van der Waals surface area contributed by atoms with E-state index in [2.05, 4.69) is 39.6 Å². The van der Waals surface area contributed by atoms with Gasteiger partial charge in [0.15, 0.2) is 0 Å². The maximum absolute atomic E-state index is 5.24. The second-order valence-electron chi connectivity index (χ2n) is 4.47. The molecule has 0 radical (unpaired) electrons. The zero-order valence-electron chi connectivity index (χ0n) is 11.4. The lowest BCUT2D eigenvalue weighted by Crippen LogP contribution is -1.95. The first kappa shape index (κ1) is 12.4. The van der Waals surface area contributed by atoms with Crippen LogP contribution in [0.2, 0.25) is 0 Å². The van der Waals surface area contributed by atoms with Gasteiger partial charge in [-0.25, -0.2) is 9.97 Å². The van der Waals surface area contributed by atoms with E-state index >= 15 is 0 Å². The van der Waals surface area contributed by atoms with Gasteiger partial charge in [-0.2, -0.15) is 0 Å². The van der Waals surface area contributed by atoms with Crippen LogP contribution >= 0.6 is 0 Å². The average molecular weight is 265 g/mol. The molecule has 0 atom stereocenters. The van der Waals surface area contributed by atoms with E-state index < -0.39 is 0 Å². The molecule has 0 spiro atoms. The Morgan fingerprint density at radius 3 is 2.30 bits per heavy atom. The van der Waals surface area contributed by atoms with Crippen molar-refractivity contribution in [3.05, 3.63) is 48.8 Å². The van der Waals surface area contributed by atoms with E-state index in [1.165, 1.54) is 5.39 Å². The molecule has 2 aromatic carbocycles. The molecule has 0 fully saturated rings.